The summed E-state index contributed by atoms with van der Waals surface area (Å²) < 4.78 is 0. The van der Waals surface area contributed by atoms with E-state index in [-0.39, 0.29) is 11.5 Å². The Bertz CT molecular complexity index is 1640. The Morgan fingerprint density at radius 3 is 1.79 bits per heavy atom. The molecule has 2 aliphatic rings. The van der Waals surface area contributed by atoms with E-state index in [1.807, 2.05) is 19.9 Å². The van der Waals surface area contributed by atoms with Gasteiger partial charge in [-0.05, 0) is 101 Å². The number of carbonyl (C=O) groups excluding carboxylic acids is 1. The number of fused-ring (bicyclic) bond motifs is 2. The number of aryl methyl sites for hydroxylation is 2. The summed E-state index contributed by atoms with van der Waals surface area (Å²) in [5, 5.41) is 14.9. The molecule has 2 aromatic carbocycles. The van der Waals surface area contributed by atoms with Gasteiger partial charge in [0.2, 0.25) is 5.91 Å². The minimum absolute atomic E-state index is 0.211. The first-order valence-corrected chi connectivity index (χ1v) is 17.2. The van der Waals surface area contributed by atoms with Crippen molar-refractivity contribution in [3.8, 4) is 0 Å². The lowest BCUT2D eigenvalue weighted by Crippen LogP contribution is -2.18. The number of nitrogens with one attached hydrogen (secondary N) is 1. The highest BCUT2D eigenvalue weighted by atomic mass is 16.4. The van der Waals surface area contributed by atoms with Gasteiger partial charge >= 0.3 is 5.97 Å². The van der Waals surface area contributed by atoms with E-state index in [2.05, 4.69) is 64.3 Å². The van der Waals surface area contributed by atoms with E-state index in [1.54, 1.807) is 12.1 Å². The number of carboxylic acids is 1. The van der Waals surface area contributed by atoms with Crippen LogP contribution in [0.3, 0.4) is 0 Å². The van der Waals surface area contributed by atoms with Gasteiger partial charge in [-0.2, -0.15) is 0 Å². The largest absolute Gasteiger partial charge is 0.478 e. The van der Waals surface area contributed by atoms with Crippen LogP contribution >= 0.6 is 0 Å². The topological polar surface area (TPSA) is 125 Å². The number of aromatic nitrogens is 2. The number of carboxylic acid groups (broad SMARTS) is 1. The van der Waals surface area contributed by atoms with Crippen LogP contribution in [-0.2, 0) is 11.3 Å². The third-order valence-corrected chi connectivity index (χ3v) is 8.57. The van der Waals surface area contributed by atoms with Gasteiger partial charge in [0, 0.05) is 72.7 Å². The first kappa shape index (κ1) is 35.6. The van der Waals surface area contributed by atoms with Crippen LogP contribution in [0.25, 0.3) is 21.8 Å². The van der Waals surface area contributed by atoms with E-state index in [0.717, 1.165) is 60.4 Å². The molecular weight excluding hydrogens is 588 g/mol. The van der Waals surface area contributed by atoms with Gasteiger partial charge in [-0.3, -0.25) is 14.8 Å². The zero-order chi connectivity index (χ0) is 33.8. The fourth-order valence-corrected chi connectivity index (χ4v) is 6.19. The second-order valence-electron chi connectivity index (χ2n) is 12.6. The number of rotatable bonds is 10. The first-order valence-electron chi connectivity index (χ1n) is 17.2. The lowest BCUT2D eigenvalue weighted by Gasteiger charge is -2.20. The van der Waals surface area contributed by atoms with Gasteiger partial charge in [0.25, 0.3) is 0 Å². The van der Waals surface area contributed by atoms with E-state index in [9.17, 15) is 9.59 Å². The number of aromatic carboxylic acids is 1. The molecule has 0 saturated carbocycles. The summed E-state index contributed by atoms with van der Waals surface area (Å²) >= 11 is 0. The second-order valence-corrected chi connectivity index (χ2v) is 12.6. The fraction of sp³-hybridized carbons (Fsp3) is 0.474. The van der Waals surface area contributed by atoms with E-state index in [1.165, 1.54) is 73.9 Å². The summed E-state index contributed by atoms with van der Waals surface area (Å²) in [6, 6.07) is 16.3. The molecule has 2 aliphatic heterocycles. The first-order chi connectivity index (χ1) is 22.7. The van der Waals surface area contributed by atoms with Crippen molar-refractivity contribution in [3.05, 3.63) is 71.0 Å². The summed E-state index contributed by atoms with van der Waals surface area (Å²) in [4.78, 5) is 34.9. The molecule has 4 N–H and O–H groups in total. The molecule has 0 radical (unpaired) electrons. The molecule has 47 heavy (non-hydrogen) atoms. The van der Waals surface area contributed by atoms with Gasteiger partial charge in [0.15, 0.2) is 0 Å². The van der Waals surface area contributed by atoms with Crippen molar-refractivity contribution in [3.63, 3.8) is 0 Å². The van der Waals surface area contributed by atoms with Crippen molar-refractivity contribution in [1.82, 2.24) is 15.3 Å². The minimum Gasteiger partial charge on any atom is -0.478 e. The van der Waals surface area contributed by atoms with Crippen LogP contribution in [0.2, 0.25) is 0 Å². The number of hydrogen-bond acceptors (Lipinski definition) is 7. The molecule has 2 saturated heterocycles. The Morgan fingerprint density at radius 1 is 0.787 bits per heavy atom. The molecule has 6 rings (SSSR count). The Hall–Kier alpha value is -4.24. The second kappa shape index (κ2) is 17.6. The molecule has 0 unspecified atom stereocenters. The van der Waals surface area contributed by atoms with Crippen LogP contribution in [0, 0.1) is 13.8 Å². The zero-order valence-corrected chi connectivity index (χ0v) is 28.6. The van der Waals surface area contributed by atoms with E-state index in [4.69, 9.17) is 15.8 Å². The maximum atomic E-state index is 11.0. The molecule has 4 heterocycles. The Morgan fingerprint density at radius 2 is 1.32 bits per heavy atom. The predicted molar refractivity (Wildman–Crippen MR) is 194 cm³/mol. The molecular formula is C38H52N6O3. The van der Waals surface area contributed by atoms with Crippen molar-refractivity contribution in [2.75, 3.05) is 42.5 Å². The number of carbonyl (C=O) groups is 2. The summed E-state index contributed by atoms with van der Waals surface area (Å²) in [5.74, 6) is -1.12. The number of hydrogen-bond donors (Lipinski definition) is 3. The molecule has 0 aliphatic carbocycles. The predicted octanol–water partition coefficient (Wildman–Crippen LogP) is 7.15. The number of nitrogens with two attached hydrogens (primary N) is 1. The third-order valence-electron chi connectivity index (χ3n) is 8.57. The number of benzene rings is 2. The summed E-state index contributed by atoms with van der Waals surface area (Å²) in [5.41, 5.74) is 12.9. The van der Waals surface area contributed by atoms with Crippen molar-refractivity contribution in [2.24, 2.45) is 5.73 Å². The quantitative estimate of drug-likeness (QED) is 0.156. The van der Waals surface area contributed by atoms with E-state index < -0.39 is 5.97 Å². The third kappa shape index (κ3) is 10.1. The number of anilines is 2. The normalized spacial score (nSPS) is 14.1. The minimum atomic E-state index is -0.909. The van der Waals surface area contributed by atoms with E-state index >= 15 is 0 Å². The summed E-state index contributed by atoms with van der Waals surface area (Å²) in [6.45, 7) is 14.7. The fourth-order valence-electron chi connectivity index (χ4n) is 6.19. The molecule has 9 heteroatoms. The van der Waals surface area contributed by atoms with Crippen LogP contribution in [0.5, 0.6) is 0 Å². The number of amides is 1. The van der Waals surface area contributed by atoms with Crippen LogP contribution in [0.15, 0.2) is 48.5 Å². The van der Waals surface area contributed by atoms with Gasteiger partial charge in [0.05, 0.1) is 16.6 Å². The van der Waals surface area contributed by atoms with Crippen LogP contribution in [0.4, 0.5) is 11.4 Å². The number of unbranched alkanes of at least 4 members (excludes halogenated alkanes) is 1. The molecule has 2 aromatic heterocycles. The van der Waals surface area contributed by atoms with E-state index in [0.29, 0.717) is 6.42 Å². The van der Waals surface area contributed by atoms with Gasteiger partial charge in [-0.25, -0.2) is 4.79 Å². The molecule has 1 amide bonds. The molecule has 0 atom stereocenters. The Kier molecular flexibility index (Phi) is 13.3. The Balaban J connectivity index is 0.000000183. The molecule has 252 valence electrons. The molecule has 0 bridgehead atoms. The van der Waals surface area contributed by atoms with Crippen molar-refractivity contribution >= 4 is 45.1 Å². The number of nitrogens with zero attached hydrogens (tertiary/aromatic N) is 4. The smallest absolute Gasteiger partial charge is 0.335 e. The van der Waals surface area contributed by atoms with Crippen molar-refractivity contribution < 1.29 is 14.7 Å². The van der Waals surface area contributed by atoms with Gasteiger partial charge in [-0.1, -0.05) is 32.4 Å². The standard InChI is InChI=1S/C19H27N3.C15H16N2O2.C4H9NO/c1-3-4-9-20-14-16-7-8-17-18(13-16)21-15(2)12-19(17)22-10-5-6-11-22;1-10-8-14(17-6-2-3-7-17)12-5-4-11(15(18)19)9-13(12)16-10;1-2-3-4(5)6/h7-8,12-13,20H,3-6,9-11,14H2,1-2H3;4-5,8-9H,2-3,6-7H2,1H3,(H,18,19);2-3H2,1H3,(H2,5,6). The molecule has 2 fully saturated rings. The van der Waals surface area contributed by atoms with Crippen LogP contribution in [0.1, 0.15) is 92.5 Å². The number of primary amides is 1. The maximum Gasteiger partial charge on any atom is 0.335 e. The highest BCUT2D eigenvalue weighted by molar-refractivity contribution is 5.98. The van der Waals surface area contributed by atoms with Crippen LogP contribution in [-0.4, -0.2) is 59.7 Å². The molecule has 9 nitrogen and oxygen atoms in total. The lowest BCUT2D eigenvalue weighted by atomic mass is 10.1. The monoisotopic (exact) mass is 640 g/mol. The van der Waals surface area contributed by atoms with Gasteiger partial charge in [-0.15, -0.1) is 0 Å². The SMILES string of the molecule is CCCC(N)=O.CCCCNCc1ccc2c(N3CCCC3)cc(C)nc2c1.Cc1cc(N2CCCC2)c2ccc(C(=O)O)cc2n1. The lowest BCUT2D eigenvalue weighted by molar-refractivity contribution is -0.118. The average molecular weight is 641 g/mol. The average Bonchev–Trinajstić information content (AvgIpc) is 3.78. The summed E-state index contributed by atoms with van der Waals surface area (Å²) in [7, 11) is 0. The molecule has 4 aromatic rings. The Labute approximate surface area is 279 Å². The highest BCUT2D eigenvalue weighted by Crippen LogP contribution is 2.31. The van der Waals surface area contributed by atoms with Crippen molar-refractivity contribution in [1.29, 1.82) is 0 Å². The van der Waals surface area contributed by atoms with Gasteiger partial charge in [0.1, 0.15) is 0 Å². The molecule has 0 spiro atoms. The van der Waals surface area contributed by atoms with Gasteiger partial charge < -0.3 is 26.0 Å². The maximum absolute atomic E-state index is 11.0. The summed E-state index contributed by atoms with van der Waals surface area (Å²) in [6.07, 6.45) is 8.90. The highest BCUT2D eigenvalue weighted by Gasteiger charge is 2.18. The van der Waals surface area contributed by atoms with Crippen LogP contribution < -0.4 is 20.9 Å². The number of pyridine rings is 2. The van der Waals surface area contributed by atoms with Crippen molar-refractivity contribution in [2.45, 2.75) is 85.6 Å². The zero-order valence-electron chi connectivity index (χ0n) is 28.6.